The Morgan fingerprint density at radius 1 is 1.12 bits per heavy atom. The van der Waals surface area contributed by atoms with Gasteiger partial charge in [0.05, 0.1) is 12.8 Å². The highest BCUT2D eigenvalue weighted by atomic mass is 35.5. The van der Waals surface area contributed by atoms with Gasteiger partial charge in [-0.1, -0.05) is 48.0 Å². The largest absolute Gasteiger partial charge is 0.495 e. The molecule has 1 unspecified atom stereocenters. The number of anilines is 1. The molecule has 1 atom stereocenters. The summed E-state index contributed by atoms with van der Waals surface area (Å²) in [6, 6.07) is 16.0. The van der Waals surface area contributed by atoms with Gasteiger partial charge in [0.25, 0.3) is 5.91 Å². The van der Waals surface area contributed by atoms with Crippen molar-refractivity contribution in [1.82, 2.24) is 10.2 Å². The van der Waals surface area contributed by atoms with Crippen molar-refractivity contribution < 1.29 is 19.1 Å². The Balaban J connectivity index is 1.55. The van der Waals surface area contributed by atoms with Crippen LogP contribution in [0.2, 0.25) is 5.02 Å². The van der Waals surface area contributed by atoms with E-state index in [9.17, 15) is 14.4 Å². The fraction of sp³-hybridized carbons (Fsp3) is 0.208. The number of halogens is 1. The molecule has 1 aliphatic rings. The van der Waals surface area contributed by atoms with E-state index in [1.807, 2.05) is 42.5 Å². The number of ether oxygens (including phenoxy) is 1. The molecule has 164 valence electrons. The first-order chi connectivity index (χ1) is 15.2. The van der Waals surface area contributed by atoms with Gasteiger partial charge in [-0.05, 0) is 47.9 Å². The van der Waals surface area contributed by atoms with Gasteiger partial charge in [0.1, 0.15) is 17.8 Å². The summed E-state index contributed by atoms with van der Waals surface area (Å²) in [5, 5.41) is 7.91. The summed E-state index contributed by atoms with van der Waals surface area (Å²) >= 11 is 6.10. The van der Waals surface area contributed by atoms with Gasteiger partial charge in [0.2, 0.25) is 5.91 Å². The molecule has 8 heteroatoms. The number of carbonyl (C=O) groups is 3. The van der Waals surface area contributed by atoms with Crippen molar-refractivity contribution in [2.45, 2.75) is 19.4 Å². The monoisotopic (exact) mass is 451 g/mol. The van der Waals surface area contributed by atoms with Crippen LogP contribution >= 0.6 is 11.6 Å². The number of fused-ring (bicyclic) bond motifs is 1. The predicted molar refractivity (Wildman–Crippen MR) is 123 cm³/mol. The fourth-order valence-corrected chi connectivity index (χ4v) is 3.95. The van der Waals surface area contributed by atoms with Gasteiger partial charge >= 0.3 is 6.03 Å². The third-order valence-electron chi connectivity index (χ3n) is 5.66. The zero-order chi connectivity index (χ0) is 23.0. The molecule has 7 nitrogen and oxygen atoms in total. The number of hydrogen-bond acceptors (Lipinski definition) is 4. The van der Waals surface area contributed by atoms with Crippen LogP contribution < -0.4 is 15.4 Å². The zero-order valence-electron chi connectivity index (χ0n) is 17.9. The third kappa shape index (κ3) is 3.76. The van der Waals surface area contributed by atoms with E-state index < -0.39 is 29.9 Å². The number of rotatable bonds is 5. The van der Waals surface area contributed by atoms with Crippen LogP contribution in [0.1, 0.15) is 18.1 Å². The highest BCUT2D eigenvalue weighted by Gasteiger charge is 2.49. The Labute approximate surface area is 190 Å². The lowest BCUT2D eigenvalue weighted by atomic mass is 9.90. The Kier molecular flexibility index (Phi) is 5.52. The smallest absolute Gasteiger partial charge is 0.325 e. The number of hydrogen-bond donors (Lipinski definition) is 2. The molecule has 3 aromatic carbocycles. The molecule has 0 aromatic heterocycles. The summed E-state index contributed by atoms with van der Waals surface area (Å²) < 4.78 is 5.26. The molecule has 0 saturated carbocycles. The number of imide groups is 1. The third-order valence-corrected chi connectivity index (χ3v) is 6.07. The summed E-state index contributed by atoms with van der Waals surface area (Å²) in [4.78, 5) is 39.4. The zero-order valence-corrected chi connectivity index (χ0v) is 18.6. The molecular weight excluding hydrogens is 430 g/mol. The SMILES string of the molecule is COc1cc(Cl)c(C)cc1NC(=O)CN1C(=O)NC(C)(c2ccc3ccccc3c2)C1=O. The summed E-state index contributed by atoms with van der Waals surface area (Å²) in [6.45, 7) is 3.00. The fourth-order valence-electron chi connectivity index (χ4n) is 3.80. The van der Waals surface area contributed by atoms with Crippen LogP contribution in [0.15, 0.2) is 54.6 Å². The van der Waals surface area contributed by atoms with Gasteiger partial charge in [-0.15, -0.1) is 0 Å². The van der Waals surface area contributed by atoms with E-state index in [-0.39, 0.29) is 0 Å². The number of urea groups is 1. The van der Waals surface area contributed by atoms with E-state index in [0.29, 0.717) is 22.0 Å². The predicted octanol–water partition coefficient (Wildman–Crippen LogP) is 4.22. The van der Waals surface area contributed by atoms with Crippen LogP contribution in [0.5, 0.6) is 5.75 Å². The number of methoxy groups -OCH3 is 1. The van der Waals surface area contributed by atoms with Crippen molar-refractivity contribution in [1.29, 1.82) is 0 Å². The summed E-state index contributed by atoms with van der Waals surface area (Å²) in [7, 11) is 1.46. The number of amides is 4. The molecule has 2 N–H and O–H groups in total. The molecule has 3 aromatic rings. The minimum Gasteiger partial charge on any atom is -0.495 e. The van der Waals surface area contributed by atoms with E-state index >= 15 is 0 Å². The second-order valence-electron chi connectivity index (χ2n) is 7.86. The standard InChI is InChI=1S/C24H22ClN3O4/c1-14-10-19(20(32-3)12-18(14)25)26-21(29)13-28-22(30)24(2,27-23(28)31)17-9-8-15-6-4-5-7-16(15)11-17/h4-12H,13H2,1-3H3,(H,26,29)(H,27,31). The molecule has 1 fully saturated rings. The first-order valence-electron chi connectivity index (χ1n) is 10.0. The van der Waals surface area contributed by atoms with Crippen LogP contribution in [0, 0.1) is 6.92 Å². The van der Waals surface area contributed by atoms with E-state index in [1.54, 1.807) is 26.0 Å². The molecule has 1 heterocycles. The highest BCUT2D eigenvalue weighted by molar-refractivity contribution is 6.31. The average molecular weight is 452 g/mol. The van der Waals surface area contributed by atoms with Gasteiger partial charge in [0.15, 0.2) is 0 Å². The number of benzene rings is 3. The summed E-state index contributed by atoms with van der Waals surface area (Å²) in [6.07, 6.45) is 0. The Morgan fingerprint density at radius 3 is 2.56 bits per heavy atom. The molecular formula is C24H22ClN3O4. The van der Waals surface area contributed by atoms with Crippen molar-refractivity contribution in [2.75, 3.05) is 19.0 Å². The van der Waals surface area contributed by atoms with Gasteiger partial charge in [-0.3, -0.25) is 14.5 Å². The van der Waals surface area contributed by atoms with E-state index in [2.05, 4.69) is 10.6 Å². The number of nitrogens with one attached hydrogen (secondary N) is 2. The Bertz CT molecular complexity index is 1260. The van der Waals surface area contributed by atoms with Crippen molar-refractivity contribution in [3.05, 3.63) is 70.7 Å². The van der Waals surface area contributed by atoms with Crippen molar-refractivity contribution in [3.63, 3.8) is 0 Å². The molecule has 32 heavy (non-hydrogen) atoms. The van der Waals surface area contributed by atoms with Crippen molar-refractivity contribution >= 4 is 45.9 Å². The minimum atomic E-state index is -1.27. The molecule has 1 saturated heterocycles. The van der Waals surface area contributed by atoms with Crippen molar-refractivity contribution in [2.24, 2.45) is 0 Å². The van der Waals surface area contributed by atoms with Gasteiger partial charge in [-0.2, -0.15) is 0 Å². The quantitative estimate of drug-likeness (QED) is 0.568. The first kappa shape index (κ1) is 21.6. The molecule has 0 radical (unpaired) electrons. The number of nitrogens with zero attached hydrogens (tertiary/aromatic N) is 1. The maximum Gasteiger partial charge on any atom is 0.325 e. The molecule has 0 aliphatic carbocycles. The maximum absolute atomic E-state index is 13.2. The summed E-state index contributed by atoms with van der Waals surface area (Å²) in [5.74, 6) is -0.643. The van der Waals surface area contributed by atoms with Gasteiger partial charge in [0, 0.05) is 11.1 Å². The number of aryl methyl sites for hydroxylation is 1. The van der Waals surface area contributed by atoms with E-state index in [0.717, 1.165) is 21.2 Å². The van der Waals surface area contributed by atoms with Gasteiger partial charge in [-0.25, -0.2) is 4.79 Å². The summed E-state index contributed by atoms with van der Waals surface area (Å²) in [5.41, 5.74) is 0.536. The Hall–Kier alpha value is -3.58. The van der Waals surface area contributed by atoms with Crippen LogP contribution in [-0.4, -0.2) is 36.4 Å². The lowest BCUT2D eigenvalue weighted by molar-refractivity contribution is -0.133. The molecule has 4 amide bonds. The second-order valence-corrected chi connectivity index (χ2v) is 8.27. The van der Waals surface area contributed by atoms with Crippen LogP contribution in [-0.2, 0) is 15.1 Å². The minimum absolute atomic E-state index is 0.382. The molecule has 0 bridgehead atoms. The Morgan fingerprint density at radius 2 is 1.84 bits per heavy atom. The van der Waals surface area contributed by atoms with E-state index in [1.165, 1.54) is 7.11 Å². The maximum atomic E-state index is 13.2. The van der Waals surface area contributed by atoms with E-state index in [4.69, 9.17) is 16.3 Å². The lowest BCUT2D eigenvalue weighted by Gasteiger charge is -2.22. The highest BCUT2D eigenvalue weighted by Crippen LogP contribution is 2.32. The second kappa shape index (κ2) is 8.16. The van der Waals surface area contributed by atoms with Gasteiger partial charge < -0.3 is 15.4 Å². The van der Waals surface area contributed by atoms with Crippen LogP contribution in [0.25, 0.3) is 10.8 Å². The lowest BCUT2D eigenvalue weighted by Crippen LogP contribution is -2.42. The van der Waals surface area contributed by atoms with Crippen LogP contribution in [0.3, 0.4) is 0 Å². The number of carbonyl (C=O) groups excluding carboxylic acids is 3. The van der Waals surface area contributed by atoms with Crippen molar-refractivity contribution in [3.8, 4) is 5.75 Å². The molecule has 0 spiro atoms. The van der Waals surface area contributed by atoms with Crippen LogP contribution in [0.4, 0.5) is 10.5 Å². The average Bonchev–Trinajstić information content (AvgIpc) is 2.99. The topological polar surface area (TPSA) is 87.7 Å². The molecule has 1 aliphatic heterocycles. The normalized spacial score (nSPS) is 18.1. The first-order valence-corrected chi connectivity index (χ1v) is 10.4. The molecule has 4 rings (SSSR count).